The van der Waals surface area contributed by atoms with Crippen LogP contribution in [0.1, 0.15) is 39.0 Å². The summed E-state index contributed by atoms with van der Waals surface area (Å²) in [4.78, 5) is 13.7. The molecule has 0 aliphatic carbocycles. The first kappa shape index (κ1) is 11.7. The van der Waals surface area contributed by atoms with Gasteiger partial charge in [-0.25, -0.2) is 4.79 Å². The molecule has 0 bridgehead atoms. The monoisotopic (exact) mass is 226 g/mol. The van der Waals surface area contributed by atoms with E-state index in [-0.39, 0.29) is 17.7 Å². The van der Waals surface area contributed by atoms with Gasteiger partial charge in [-0.05, 0) is 13.5 Å². The van der Waals surface area contributed by atoms with Crippen LogP contribution in [0.25, 0.3) is 0 Å². The Morgan fingerprint density at radius 1 is 1.50 bits per heavy atom. The molecule has 1 atom stereocenters. The van der Waals surface area contributed by atoms with Gasteiger partial charge in [-0.3, -0.25) is 0 Å². The van der Waals surface area contributed by atoms with Crippen molar-refractivity contribution in [3.05, 3.63) is 0 Å². The van der Waals surface area contributed by atoms with Crippen LogP contribution in [0.15, 0.2) is 0 Å². The topological polar surface area (TPSA) is 41.6 Å². The Morgan fingerprint density at radius 3 is 2.81 bits per heavy atom. The summed E-state index contributed by atoms with van der Waals surface area (Å²) in [7, 11) is 2.12. The number of rotatable bonds is 3. The van der Waals surface area contributed by atoms with Gasteiger partial charge in [0.15, 0.2) is 0 Å². The first-order chi connectivity index (χ1) is 7.66. The number of carbonyl (C=O) groups is 1. The quantitative estimate of drug-likeness (QED) is 0.797. The summed E-state index contributed by atoms with van der Waals surface area (Å²) < 4.78 is 5.57. The molecule has 0 unspecified atom stereocenters. The van der Waals surface area contributed by atoms with E-state index in [1.165, 1.54) is 6.42 Å². The highest BCUT2D eigenvalue weighted by molar-refractivity contribution is 5.71. The van der Waals surface area contributed by atoms with Gasteiger partial charge in [-0.15, -0.1) is 0 Å². The van der Waals surface area contributed by atoms with Gasteiger partial charge in [-0.2, -0.15) is 0 Å². The highest BCUT2D eigenvalue weighted by Gasteiger charge is 2.49. The second-order valence-electron chi connectivity index (χ2n) is 5.10. The van der Waals surface area contributed by atoms with E-state index in [0.29, 0.717) is 0 Å². The predicted molar refractivity (Wildman–Crippen MR) is 62.4 cm³/mol. The number of nitrogens with one attached hydrogen (secondary N) is 1. The van der Waals surface area contributed by atoms with Crippen LogP contribution in [0.5, 0.6) is 0 Å². The third-order valence-corrected chi connectivity index (χ3v) is 3.90. The Balaban J connectivity index is 2.02. The SMILES string of the molecule is CCCC[C@H]1NC(=O)OC12CCN(C)CC2. The third kappa shape index (κ3) is 2.17. The normalized spacial score (nSPS) is 29.1. The fourth-order valence-electron chi connectivity index (χ4n) is 2.75. The van der Waals surface area contributed by atoms with E-state index in [1.54, 1.807) is 0 Å². The summed E-state index contributed by atoms with van der Waals surface area (Å²) in [6, 6.07) is 0.230. The molecule has 2 aliphatic heterocycles. The Bertz CT molecular complexity index is 260. The zero-order valence-electron chi connectivity index (χ0n) is 10.3. The minimum atomic E-state index is -0.217. The van der Waals surface area contributed by atoms with Crippen molar-refractivity contribution in [2.24, 2.45) is 0 Å². The van der Waals surface area contributed by atoms with E-state index in [1.807, 2.05) is 0 Å². The molecule has 0 aromatic carbocycles. The average molecular weight is 226 g/mol. The zero-order chi connectivity index (χ0) is 11.6. The third-order valence-electron chi connectivity index (χ3n) is 3.90. The van der Waals surface area contributed by atoms with Gasteiger partial charge in [0.2, 0.25) is 0 Å². The van der Waals surface area contributed by atoms with Crippen molar-refractivity contribution in [3.63, 3.8) is 0 Å². The summed E-state index contributed by atoms with van der Waals surface area (Å²) in [6.07, 6.45) is 5.10. The van der Waals surface area contributed by atoms with E-state index in [2.05, 4.69) is 24.2 Å². The number of ether oxygens (including phenoxy) is 1. The molecule has 4 nitrogen and oxygen atoms in total. The maximum absolute atomic E-state index is 11.4. The van der Waals surface area contributed by atoms with Crippen molar-refractivity contribution >= 4 is 6.09 Å². The molecule has 2 aliphatic rings. The van der Waals surface area contributed by atoms with Crippen LogP contribution in [0.2, 0.25) is 0 Å². The molecule has 4 heteroatoms. The molecule has 0 aromatic rings. The molecular formula is C12H22N2O2. The van der Waals surface area contributed by atoms with Crippen molar-refractivity contribution in [2.45, 2.75) is 50.7 Å². The molecule has 0 radical (unpaired) electrons. The molecule has 2 rings (SSSR count). The van der Waals surface area contributed by atoms with E-state index in [9.17, 15) is 4.79 Å². The van der Waals surface area contributed by atoms with Gasteiger partial charge in [0, 0.05) is 25.9 Å². The maximum Gasteiger partial charge on any atom is 0.408 e. The summed E-state index contributed by atoms with van der Waals surface area (Å²) >= 11 is 0. The van der Waals surface area contributed by atoms with Crippen molar-refractivity contribution < 1.29 is 9.53 Å². The molecule has 1 N–H and O–H groups in total. The number of hydrogen-bond acceptors (Lipinski definition) is 3. The smallest absolute Gasteiger partial charge is 0.408 e. The summed E-state index contributed by atoms with van der Waals surface area (Å²) in [5.41, 5.74) is -0.210. The van der Waals surface area contributed by atoms with Gasteiger partial charge in [-0.1, -0.05) is 19.8 Å². The van der Waals surface area contributed by atoms with Crippen LogP contribution in [0.3, 0.4) is 0 Å². The predicted octanol–water partition coefficient (Wildman–Crippen LogP) is 1.75. The molecule has 0 aromatic heterocycles. The fourth-order valence-corrected chi connectivity index (χ4v) is 2.75. The Labute approximate surface area is 97.3 Å². The molecule has 2 saturated heterocycles. The Hall–Kier alpha value is -0.770. The molecule has 0 saturated carbocycles. The minimum Gasteiger partial charge on any atom is -0.441 e. The summed E-state index contributed by atoms with van der Waals surface area (Å²) in [6.45, 7) is 4.23. The van der Waals surface area contributed by atoms with Gasteiger partial charge in [0.05, 0.1) is 6.04 Å². The number of amides is 1. The largest absolute Gasteiger partial charge is 0.441 e. The lowest BCUT2D eigenvalue weighted by molar-refractivity contribution is -0.0150. The summed E-state index contributed by atoms with van der Waals surface area (Å²) in [5, 5.41) is 2.98. The second kappa shape index (κ2) is 4.62. The van der Waals surface area contributed by atoms with Crippen molar-refractivity contribution in [2.75, 3.05) is 20.1 Å². The number of unbranched alkanes of at least 4 members (excludes halogenated alkanes) is 1. The molecule has 16 heavy (non-hydrogen) atoms. The molecule has 1 spiro atoms. The lowest BCUT2D eigenvalue weighted by atomic mass is 9.82. The van der Waals surface area contributed by atoms with Crippen LogP contribution >= 0.6 is 0 Å². The number of nitrogens with zero attached hydrogens (tertiary/aromatic N) is 1. The van der Waals surface area contributed by atoms with Gasteiger partial charge >= 0.3 is 6.09 Å². The van der Waals surface area contributed by atoms with Crippen molar-refractivity contribution in [1.29, 1.82) is 0 Å². The van der Waals surface area contributed by atoms with E-state index in [4.69, 9.17) is 4.74 Å². The number of piperidine rings is 1. The molecule has 92 valence electrons. The van der Waals surface area contributed by atoms with Crippen LogP contribution in [-0.4, -0.2) is 42.8 Å². The molecule has 2 heterocycles. The maximum atomic E-state index is 11.4. The Morgan fingerprint density at radius 2 is 2.19 bits per heavy atom. The molecular weight excluding hydrogens is 204 g/mol. The number of likely N-dealkylation sites (tertiary alicyclic amines) is 1. The van der Waals surface area contributed by atoms with E-state index >= 15 is 0 Å². The minimum absolute atomic E-state index is 0.210. The van der Waals surface area contributed by atoms with Crippen LogP contribution < -0.4 is 5.32 Å². The van der Waals surface area contributed by atoms with Crippen molar-refractivity contribution in [3.8, 4) is 0 Å². The zero-order valence-corrected chi connectivity index (χ0v) is 10.3. The molecule has 1 amide bonds. The Kier molecular flexibility index (Phi) is 3.38. The van der Waals surface area contributed by atoms with Crippen LogP contribution in [0, 0.1) is 0 Å². The highest BCUT2D eigenvalue weighted by Crippen LogP contribution is 2.35. The van der Waals surface area contributed by atoms with E-state index < -0.39 is 0 Å². The van der Waals surface area contributed by atoms with Crippen LogP contribution in [0.4, 0.5) is 4.79 Å². The number of hydrogen-bond donors (Lipinski definition) is 1. The van der Waals surface area contributed by atoms with E-state index in [0.717, 1.165) is 38.8 Å². The summed E-state index contributed by atoms with van der Waals surface area (Å²) in [5.74, 6) is 0. The average Bonchev–Trinajstić information content (AvgIpc) is 2.57. The number of alkyl carbamates (subject to hydrolysis) is 1. The lowest BCUT2D eigenvalue weighted by Crippen LogP contribution is -2.51. The fraction of sp³-hybridized carbons (Fsp3) is 0.917. The highest BCUT2D eigenvalue weighted by atomic mass is 16.6. The van der Waals surface area contributed by atoms with Gasteiger partial charge < -0.3 is 15.0 Å². The standard InChI is InChI=1S/C12H22N2O2/c1-3-4-5-10-12(16-11(15)13-10)6-8-14(2)9-7-12/h10H,3-9H2,1-2H3,(H,13,15)/t10-/m1/s1. The first-order valence-electron chi connectivity index (χ1n) is 6.34. The van der Waals surface area contributed by atoms with Gasteiger partial charge in [0.1, 0.15) is 5.60 Å². The lowest BCUT2D eigenvalue weighted by Gasteiger charge is -2.39. The van der Waals surface area contributed by atoms with Gasteiger partial charge in [0.25, 0.3) is 0 Å². The first-order valence-corrected chi connectivity index (χ1v) is 6.34. The van der Waals surface area contributed by atoms with Crippen LogP contribution in [-0.2, 0) is 4.74 Å². The van der Waals surface area contributed by atoms with Crippen molar-refractivity contribution in [1.82, 2.24) is 10.2 Å². The second-order valence-corrected chi connectivity index (χ2v) is 5.10. The number of carbonyl (C=O) groups excluding carboxylic acids is 1. The molecule has 2 fully saturated rings.